The molecule has 1 aromatic rings. The first-order valence-corrected chi connectivity index (χ1v) is 10.8. The summed E-state index contributed by atoms with van der Waals surface area (Å²) in [6.07, 6.45) is 16.5. The molecular formula is C21H35N5. The highest BCUT2D eigenvalue weighted by molar-refractivity contribution is 5.53. The SMILES string of the molecule is NCC1(CCNc2nc(N)nc3c2CCCC32CCCC2)CCCCC1. The molecular weight excluding hydrogens is 322 g/mol. The second-order valence-corrected chi connectivity index (χ2v) is 9.04. The number of hydrogen-bond acceptors (Lipinski definition) is 5. The van der Waals surface area contributed by atoms with Crippen LogP contribution in [0.3, 0.4) is 0 Å². The summed E-state index contributed by atoms with van der Waals surface area (Å²) in [5.41, 5.74) is 15.5. The second-order valence-electron chi connectivity index (χ2n) is 9.04. The topological polar surface area (TPSA) is 89.8 Å². The van der Waals surface area contributed by atoms with E-state index in [1.165, 1.54) is 81.9 Å². The van der Waals surface area contributed by atoms with Gasteiger partial charge in [-0.2, -0.15) is 4.98 Å². The predicted octanol–water partition coefficient (Wildman–Crippen LogP) is 3.92. The normalized spacial score (nSPS) is 23.7. The van der Waals surface area contributed by atoms with Gasteiger partial charge in [0.1, 0.15) is 5.82 Å². The summed E-state index contributed by atoms with van der Waals surface area (Å²) >= 11 is 0. The fourth-order valence-corrected chi connectivity index (χ4v) is 5.89. The van der Waals surface area contributed by atoms with Crippen LogP contribution in [0.4, 0.5) is 11.8 Å². The Hall–Kier alpha value is -1.36. The lowest BCUT2D eigenvalue weighted by Gasteiger charge is -2.37. The van der Waals surface area contributed by atoms with Gasteiger partial charge in [0, 0.05) is 17.5 Å². The lowest BCUT2D eigenvalue weighted by molar-refractivity contribution is 0.188. The highest BCUT2D eigenvalue weighted by Crippen LogP contribution is 2.49. The number of aromatic nitrogens is 2. The number of nitrogens with zero attached hydrogens (tertiary/aromatic N) is 2. The highest BCUT2D eigenvalue weighted by atomic mass is 15.1. The largest absolute Gasteiger partial charge is 0.370 e. The minimum Gasteiger partial charge on any atom is -0.370 e. The van der Waals surface area contributed by atoms with E-state index in [1.54, 1.807) is 0 Å². The second kappa shape index (κ2) is 7.34. The Bertz CT molecular complexity index is 630. The number of hydrogen-bond donors (Lipinski definition) is 3. The number of fused-ring (bicyclic) bond motifs is 2. The van der Waals surface area contributed by atoms with Gasteiger partial charge in [-0.25, -0.2) is 4.98 Å². The molecule has 0 radical (unpaired) electrons. The van der Waals surface area contributed by atoms with E-state index in [2.05, 4.69) is 10.3 Å². The van der Waals surface area contributed by atoms with Crippen LogP contribution in [-0.4, -0.2) is 23.1 Å². The molecule has 2 fully saturated rings. The molecule has 2 saturated carbocycles. The van der Waals surface area contributed by atoms with Crippen LogP contribution in [0.1, 0.15) is 88.3 Å². The van der Waals surface area contributed by atoms with Crippen LogP contribution in [0.5, 0.6) is 0 Å². The van der Waals surface area contributed by atoms with Crippen molar-refractivity contribution < 1.29 is 0 Å². The maximum absolute atomic E-state index is 6.16. The van der Waals surface area contributed by atoms with Gasteiger partial charge >= 0.3 is 0 Å². The summed E-state index contributed by atoms with van der Waals surface area (Å²) in [6.45, 7) is 1.74. The number of anilines is 2. The first kappa shape index (κ1) is 18.0. The van der Waals surface area contributed by atoms with E-state index in [0.29, 0.717) is 11.4 Å². The van der Waals surface area contributed by atoms with E-state index in [1.807, 2.05) is 0 Å². The van der Waals surface area contributed by atoms with E-state index in [9.17, 15) is 0 Å². The summed E-state index contributed by atoms with van der Waals surface area (Å²) in [5.74, 6) is 1.44. The average molecular weight is 358 g/mol. The molecule has 0 amide bonds. The van der Waals surface area contributed by atoms with Gasteiger partial charge < -0.3 is 16.8 Å². The molecule has 5 heteroatoms. The third kappa shape index (κ3) is 3.30. The molecule has 3 aliphatic rings. The summed E-state index contributed by atoms with van der Waals surface area (Å²) in [4.78, 5) is 9.34. The zero-order valence-electron chi connectivity index (χ0n) is 16.2. The Labute approximate surface area is 157 Å². The van der Waals surface area contributed by atoms with E-state index in [4.69, 9.17) is 16.5 Å². The summed E-state index contributed by atoms with van der Waals surface area (Å²) < 4.78 is 0. The van der Waals surface area contributed by atoms with Gasteiger partial charge in [0.25, 0.3) is 0 Å². The predicted molar refractivity (Wildman–Crippen MR) is 107 cm³/mol. The molecule has 3 aliphatic carbocycles. The fourth-order valence-electron chi connectivity index (χ4n) is 5.89. The first-order valence-electron chi connectivity index (χ1n) is 10.8. The van der Waals surface area contributed by atoms with E-state index < -0.39 is 0 Å². The Morgan fingerprint density at radius 3 is 2.31 bits per heavy atom. The third-order valence-corrected chi connectivity index (χ3v) is 7.46. The fraction of sp³-hybridized carbons (Fsp3) is 0.810. The third-order valence-electron chi connectivity index (χ3n) is 7.46. The molecule has 4 rings (SSSR count). The molecule has 144 valence electrons. The maximum atomic E-state index is 6.16. The van der Waals surface area contributed by atoms with E-state index in [0.717, 1.165) is 31.7 Å². The molecule has 5 nitrogen and oxygen atoms in total. The number of nitrogens with one attached hydrogen (secondary N) is 1. The van der Waals surface area contributed by atoms with Gasteiger partial charge in [0.05, 0.1) is 5.69 Å². The van der Waals surface area contributed by atoms with Crippen LogP contribution in [0.15, 0.2) is 0 Å². The van der Waals surface area contributed by atoms with Crippen molar-refractivity contribution in [2.75, 3.05) is 24.1 Å². The lowest BCUT2D eigenvalue weighted by Crippen LogP contribution is -2.35. The van der Waals surface area contributed by atoms with Crippen LogP contribution in [-0.2, 0) is 11.8 Å². The van der Waals surface area contributed by atoms with Crippen LogP contribution in [0, 0.1) is 5.41 Å². The van der Waals surface area contributed by atoms with Crippen molar-refractivity contribution in [2.45, 2.75) is 88.9 Å². The van der Waals surface area contributed by atoms with E-state index in [-0.39, 0.29) is 5.41 Å². The van der Waals surface area contributed by atoms with Crippen LogP contribution in [0.2, 0.25) is 0 Å². The Kier molecular flexibility index (Phi) is 5.09. The smallest absolute Gasteiger partial charge is 0.222 e. The van der Waals surface area contributed by atoms with Crippen LogP contribution < -0.4 is 16.8 Å². The molecule has 1 aromatic heterocycles. The van der Waals surface area contributed by atoms with Gasteiger partial charge in [-0.05, 0) is 63.3 Å². The monoisotopic (exact) mass is 357 g/mol. The Morgan fingerprint density at radius 2 is 1.58 bits per heavy atom. The minimum absolute atomic E-state index is 0.281. The van der Waals surface area contributed by atoms with Crippen molar-refractivity contribution in [3.8, 4) is 0 Å². The molecule has 0 atom stereocenters. The first-order chi connectivity index (χ1) is 12.7. The minimum atomic E-state index is 0.281. The molecule has 0 unspecified atom stereocenters. The molecule has 0 saturated heterocycles. The molecule has 5 N–H and O–H groups in total. The van der Waals surface area contributed by atoms with Gasteiger partial charge in [0.15, 0.2) is 0 Å². The molecule has 0 aliphatic heterocycles. The number of nitrogen functional groups attached to an aromatic ring is 1. The van der Waals surface area contributed by atoms with Crippen molar-refractivity contribution in [2.24, 2.45) is 11.1 Å². The molecule has 1 spiro atoms. The summed E-state index contributed by atoms with van der Waals surface area (Å²) in [5, 5.41) is 3.64. The lowest BCUT2D eigenvalue weighted by atomic mass is 9.71. The molecule has 0 aromatic carbocycles. The molecule has 26 heavy (non-hydrogen) atoms. The van der Waals surface area contributed by atoms with Gasteiger partial charge in [-0.1, -0.05) is 32.1 Å². The highest BCUT2D eigenvalue weighted by Gasteiger charge is 2.41. The maximum Gasteiger partial charge on any atom is 0.222 e. The average Bonchev–Trinajstić information content (AvgIpc) is 3.12. The zero-order valence-corrected chi connectivity index (χ0v) is 16.2. The van der Waals surface area contributed by atoms with Crippen LogP contribution >= 0.6 is 0 Å². The van der Waals surface area contributed by atoms with Gasteiger partial charge in [-0.15, -0.1) is 0 Å². The summed E-state index contributed by atoms with van der Waals surface area (Å²) in [6, 6.07) is 0. The summed E-state index contributed by atoms with van der Waals surface area (Å²) in [7, 11) is 0. The Morgan fingerprint density at radius 1 is 0.885 bits per heavy atom. The van der Waals surface area contributed by atoms with Crippen molar-refractivity contribution in [3.63, 3.8) is 0 Å². The van der Waals surface area contributed by atoms with Gasteiger partial charge in [-0.3, -0.25) is 0 Å². The van der Waals surface area contributed by atoms with Crippen molar-refractivity contribution in [1.29, 1.82) is 0 Å². The Balaban J connectivity index is 1.51. The van der Waals surface area contributed by atoms with E-state index >= 15 is 0 Å². The van der Waals surface area contributed by atoms with Gasteiger partial charge in [0.2, 0.25) is 5.95 Å². The zero-order chi connectivity index (χ0) is 18.0. The van der Waals surface area contributed by atoms with Crippen molar-refractivity contribution in [1.82, 2.24) is 9.97 Å². The number of nitrogens with two attached hydrogens (primary N) is 2. The quantitative estimate of drug-likeness (QED) is 0.743. The number of rotatable bonds is 5. The standard InChI is InChI=1S/C21H35N5/c22-15-20(8-2-1-3-9-20)13-14-24-18-16-7-6-12-21(10-4-5-11-21)17(16)25-19(23)26-18/h1-15,22H2,(H3,23,24,25,26). The van der Waals surface area contributed by atoms with Crippen LogP contribution in [0.25, 0.3) is 0 Å². The van der Waals surface area contributed by atoms with Crippen molar-refractivity contribution in [3.05, 3.63) is 11.3 Å². The molecule has 1 heterocycles. The molecule has 0 bridgehead atoms. The van der Waals surface area contributed by atoms with Crippen molar-refractivity contribution >= 4 is 11.8 Å².